The summed E-state index contributed by atoms with van der Waals surface area (Å²) in [5.41, 5.74) is 2.81. The molecule has 4 heteroatoms. The predicted octanol–water partition coefficient (Wildman–Crippen LogP) is 4.74. The minimum absolute atomic E-state index is 0.737. The molecule has 2 aromatic rings. The SMILES string of the molecule is Cc1ccsc1CN1CCC(Cn2c(C)cnc2C2CCC2)CC1. The lowest BCUT2D eigenvalue weighted by molar-refractivity contribution is 0.166. The molecule has 3 nitrogen and oxygen atoms in total. The minimum atomic E-state index is 0.737. The second kappa shape index (κ2) is 7.01. The Morgan fingerprint density at radius 1 is 1.17 bits per heavy atom. The first-order valence-corrected chi connectivity index (χ1v) is 10.4. The molecule has 2 aromatic heterocycles. The summed E-state index contributed by atoms with van der Waals surface area (Å²) >= 11 is 1.91. The number of hydrogen-bond acceptors (Lipinski definition) is 3. The summed E-state index contributed by atoms with van der Waals surface area (Å²) in [6.45, 7) is 9.28. The Morgan fingerprint density at radius 2 is 1.96 bits per heavy atom. The Kier molecular flexibility index (Phi) is 4.77. The molecule has 0 N–H and O–H groups in total. The molecule has 2 fully saturated rings. The van der Waals surface area contributed by atoms with Gasteiger partial charge >= 0.3 is 0 Å². The van der Waals surface area contributed by atoms with Gasteiger partial charge < -0.3 is 4.57 Å². The molecule has 0 unspecified atom stereocenters. The van der Waals surface area contributed by atoms with Crippen LogP contribution in [-0.4, -0.2) is 27.5 Å². The first-order valence-electron chi connectivity index (χ1n) is 9.48. The number of nitrogens with zero attached hydrogens (tertiary/aromatic N) is 3. The first kappa shape index (κ1) is 16.3. The Morgan fingerprint density at radius 3 is 2.58 bits per heavy atom. The predicted molar refractivity (Wildman–Crippen MR) is 101 cm³/mol. The number of piperidine rings is 1. The van der Waals surface area contributed by atoms with Crippen molar-refractivity contribution in [2.75, 3.05) is 13.1 Å². The van der Waals surface area contributed by atoms with Crippen LogP contribution in [0.5, 0.6) is 0 Å². The fourth-order valence-electron chi connectivity index (χ4n) is 4.06. The van der Waals surface area contributed by atoms with Gasteiger partial charge in [0.2, 0.25) is 0 Å². The molecule has 1 aliphatic carbocycles. The molecule has 2 aliphatic rings. The number of imidazole rings is 1. The summed E-state index contributed by atoms with van der Waals surface area (Å²) in [6.07, 6.45) is 8.81. The topological polar surface area (TPSA) is 21.1 Å². The Balaban J connectivity index is 1.33. The van der Waals surface area contributed by atoms with E-state index in [2.05, 4.69) is 41.0 Å². The molecule has 24 heavy (non-hydrogen) atoms. The highest BCUT2D eigenvalue weighted by molar-refractivity contribution is 7.10. The van der Waals surface area contributed by atoms with Crippen molar-refractivity contribution in [1.82, 2.24) is 14.5 Å². The van der Waals surface area contributed by atoms with Gasteiger partial charge in [0.25, 0.3) is 0 Å². The van der Waals surface area contributed by atoms with Gasteiger partial charge in [0.05, 0.1) is 0 Å². The van der Waals surface area contributed by atoms with Crippen LogP contribution in [0.1, 0.15) is 60.0 Å². The van der Waals surface area contributed by atoms with Gasteiger partial charge in [-0.1, -0.05) is 6.42 Å². The van der Waals surface area contributed by atoms with Crippen molar-refractivity contribution >= 4 is 11.3 Å². The van der Waals surface area contributed by atoms with Gasteiger partial charge in [-0.3, -0.25) is 4.90 Å². The Bertz CT molecular complexity index is 675. The molecule has 0 amide bonds. The third-order valence-electron chi connectivity index (χ3n) is 6.04. The van der Waals surface area contributed by atoms with E-state index in [0.29, 0.717) is 0 Å². The van der Waals surface area contributed by atoms with Crippen LogP contribution in [0.15, 0.2) is 17.6 Å². The summed E-state index contributed by atoms with van der Waals surface area (Å²) < 4.78 is 2.54. The molecular weight excluding hydrogens is 314 g/mol. The Labute approximate surface area is 149 Å². The standard InChI is InChI=1S/C20H29N3S/c1-15-8-11-24-19(15)14-22-9-6-17(7-10-22)13-23-16(2)12-21-20(23)18-4-3-5-18/h8,11-12,17-18H,3-7,9-10,13-14H2,1-2H3. The van der Waals surface area contributed by atoms with Crippen molar-refractivity contribution < 1.29 is 0 Å². The molecule has 130 valence electrons. The lowest BCUT2D eigenvalue weighted by Gasteiger charge is -2.33. The average Bonchev–Trinajstić information content (AvgIpc) is 3.08. The average molecular weight is 344 g/mol. The molecule has 1 saturated carbocycles. The zero-order valence-electron chi connectivity index (χ0n) is 15.0. The normalized spacial score (nSPS) is 20.4. The van der Waals surface area contributed by atoms with E-state index in [0.717, 1.165) is 18.4 Å². The van der Waals surface area contributed by atoms with Gasteiger partial charge in [-0.2, -0.15) is 0 Å². The smallest absolute Gasteiger partial charge is 0.111 e. The molecule has 1 saturated heterocycles. The molecule has 0 aromatic carbocycles. The van der Waals surface area contributed by atoms with Crippen LogP contribution < -0.4 is 0 Å². The van der Waals surface area contributed by atoms with Crippen molar-refractivity contribution in [1.29, 1.82) is 0 Å². The zero-order chi connectivity index (χ0) is 16.5. The van der Waals surface area contributed by atoms with E-state index in [1.165, 1.54) is 68.8 Å². The van der Waals surface area contributed by atoms with E-state index in [9.17, 15) is 0 Å². The van der Waals surface area contributed by atoms with Crippen LogP contribution in [0, 0.1) is 19.8 Å². The quantitative estimate of drug-likeness (QED) is 0.782. The monoisotopic (exact) mass is 343 g/mol. The van der Waals surface area contributed by atoms with Gasteiger partial charge in [-0.05, 0) is 75.5 Å². The van der Waals surface area contributed by atoms with Gasteiger partial charge in [0, 0.05) is 35.8 Å². The molecule has 4 rings (SSSR count). The molecular formula is C20H29N3S. The van der Waals surface area contributed by atoms with E-state index in [1.54, 1.807) is 4.88 Å². The lowest BCUT2D eigenvalue weighted by atomic mass is 9.84. The van der Waals surface area contributed by atoms with Crippen LogP contribution in [-0.2, 0) is 13.1 Å². The molecule has 0 spiro atoms. The van der Waals surface area contributed by atoms with Crippen molar-refractivity contribution in [2.24, 2.45) is 5.92 Å². The van der Waals surface area contributed by atoms with Gasteiger partial charge in [0.15, 0.2) is 0 Å². The summed E-state index contributed by atoms with van der Waals surface area (Å²) in [5, 5.41) is 2.22. The number of thiophene rings is 1. The maximum absolute atomic E-state index is 4.73. The van der Waals surface area contributed by atoms with Crippen LogP contribution in [0.4, 0.5) is 0 Å². The van der Waals surface area contributed by atoms with Crippen molar-refractivity contribution in [2.45, 2.75) is 65.0 Å². The van der Waals surface area contributed by atoms with E-state index in [1.807, 2.05) is 11.3 Å². The van der Waals surface area contributed by atoms with Crippen LogP contribution in [0.25, 0.3) is 0 Å². The van der Waals surface area contributed by atoms with E-state index in [4.69, 9.17) is 4.98 Å². The summed E-state index contributed by atoms with van der Waals surface area (Å²) in [6, 6.07) is 2.25. The molecule has 0 radical (unpaired) electrons. The maximum atomic E-state index is 4.73. The Hall–Kier alpha value is -1.13. The van der Waals surface area contributed by atoms with Crippen molar-refractivity contribution in [3.63, 3.8) is 0 Å². The second-order valence-corrected chi connectivity index (χ2v) is 8.74. The van der Waals surface area contributed by atoms with Gasteiger partial charge in [-0.15, -0.1) is 11.3 Å². The van der Waals surface area contributed by atoms with Gasteiger partial charge in [-0.25, -0.2) is 4.98 Å². The van der Waals surface area contributed by atoms with Gasteiger partial charge in [0.1, 0.15) is 5.82 Å². The largest absolute Gasteiger partial charge is 0.332 e. The first-order chi connectivity index (χ1) is 11.7. The van der Waals surface area contributed by atoms with Crippen LogP contribution in [0.3, 0.4) is 0 Å². The molecule has 0 bridgehead atoms. The zero-order valence-corrected chi connectivity index (χ0v) is 15.8. The highest BCUT2D eigenvalue weighted by Crippen LogP contribution is 2.36. The fourth-order valence-corrected chi connectivity index (χ4v) is 5.01. The number of likely N-dealkylation sites (tertiary alicyclic amines) is 1. The third-order valence-corrected chi connectivity index (χ3v) is 7.05. The maximum Gasteiger partial charge on any atom is 0.111 e. The van der Waals surface area contributed by atoms with Crippen molar-refractivity contribution in [3.05, 3.63) is 39.6 Å². The highest BCUT2D eigenvalue weighted by Gasteiger charge is 2.27. The van der Waals surface area contributed by atoms with Crippen LogP contribution in [0.2, 0.25) is 0 Å². The van der Waals surface area contributed by atoms with E-state index < -0.39 is 0 Å². The highest BCUT2D eigenvalue weighted by atomic mass is 32.1. The third kappa shape index (κ3) is 3.31. The van der Waals surface area contributed by atoms with E-state index >= 15 is 0 Å². The molecule has 3 heterocycles. The summed E-state index contributed by atoms with van der Waals surface area (Å²) in [5.74, 6) is 2.92. The van der Waals surface area contributed by atoms with Crippen LogP contribution >= 0.6 is 11.3 Å². The minimum Gasteiger partial charge on any atom is -0.332 e. The number of aryl methyl sites for hydroxylation is 2. The number of rotatable bonds is 5. The number of hydrogen-bond donors (Lipinski definition) is 0. The van der Waals surface area contributed by atoms with Crippen molar-refractivity contribution in [3.8, 4) is 0 Å². The number of aromatic nitrogens is 2. The molecule has 0 atom stereocenters. The van der Waals surface area contributed by atoms with E-state index in [-0.39, 0.29) is 0 Å². The fraction of sp³-hybridized carbons (Fsp3) is 0.650. The lowest BCUT2D eigenvalue weighted by Crippen LogP contribution is -2.35. The second-order valence-electron chi connectivity index (χ2n) is 7.74. The summed E-state index contributed by atoms with van der Waals surface area (Å²) in [4.78, 5) is 8.92. The summed E-state index contributed by atoms with van der Waals surface area (Å²) in [7, 11) is 0. The molecule has 1 aliphatic heterocycles.